The van der Waals surface area contributed by atoms with E-state index in [4.69, 9.17) is 0 Å². The average molecular weight is 251 g/mol. The third kappa shape index (κ3) is 2.19. The number of nitrogens with zero attached hydrogens (tertiary/aromatic N) is 1. The van der Waals surface area contributed by atoms with E-state index < -0.39 is 5.92 Å². The van der Waals surface area contributed by atoms with Crippen LogP contribution in [0.3, 0.4) is 0 Å². The molecule has 94 valence electrons. The molecule has 1 aliphatic rings. The number of Topliss-reactive ketones (excluding diaryl/α,β-unsaturated/α-hetero) is 2. The van der Waals surface area contributed by atoms with E-state index in [1.165, 1.54) is 0 Å². The van der Waals surface area contributed by atoms with Crippen molar-refractivity contribution in [2.75, 3.05) is 0 Å². The van der Waals surface area contributed by atoms with Crippen LogP contribution in [0, 0.1) is 5.92 Å². The van der Waals surface area contributed by atoms with Gasteiger partial charge in [0.05, 0.1) is 5.92 Å². The molecule has 1 aromatic carbocycles. The lowest BCUT2D eigenvalue weighted by molar-refractivity contribution is -0.121. The van der Waals surface area contributed by atoms with Crippen molar-refractivity contribution in [2.45, 2.75) is 12.8 Å². The molecule has 0 amide bonds. The maximum Gasteiger partial charge on any atom is 0.191 e. The van der Waals surface area contributed by atoms with Crippen LogP contribution in [0.1, 0.15) is 21.6 Å². The van der Waals surface area contributed by atoms with Crippen molar-refractivity contribution in [3.05, 3.63) is 65.5 Å². The van der Waals surface area contributed by atoms with E-state index in [-0.39, 0.29) is 11.6 Å². The van der Waals surface area contributed by atoms with Crippen molar-refractivity contribution in [3.63, 3.8) is 0 Å². The summed E-state index contributed by atoms with van der Waals surface area (Å²) in [6, 6.07) is 13.0. The molecule has 0 N–H and O–H groups in total. The first-order valence-corrected chi connectivity index (χ1v) is 6.30. The van der Waals surface area contributed by atoms with E-state index in [0.717, 1.165) is 11.1 Å². The molecule has 2 aromatic rings. The molecular formula is C16H13NO2. The van der Waals surface area contributed by atoms with Crippen LogP contribution in [0.5, 0.6) is 0 Å². The minimum absolute atomic E-state index is 0.00523. The maximum atomic E-state index is 12.3. The van der Waals surface area contributed by atoms with Crippen molar-refractivity contribution >= 4 is 11.6 Å². The number of carbonyl (C=O) groups excluding carboxylic acids is 2. The summed E-state index contributed by atoms with van der Waals surface area (Å²) in [7, 11) is 0. The molecule has 1 atom stereocenters. The molecular weight excluding hydrogens is 238 g/mol. The first kappa shape index (κ1) is 11.8. The van der Waals surface area contributed by atoms with E-state index in [1.54, 1.807) is 24.4 Å². The van der Waals surface area contributed by atoms with E-state index in [9.17, 15) is 9.59 Å². The molecule has 0 spiro atoms. The van der Waals surface area contributed by atoms with Crippen LogP contribution < -0.4 is 0 Å². The van der Waals surface area contributed by atoms with E-state index in [2.05, 4.69) is 4.98 Å². The molecule has 0 bridgehead atoms. The van der Waals surface area contributed by atoms with Gasteiger partial charge in [-0.3, -0.25) is 14.6 Å². The van der Waals surface area contributed by atoms with Crippen molar-refractivity contribution < 1.29 is 9.59 Å². The largest absolute Gasteiger partial charge is 0.299 e. The average Bonchev–Trinajstić information content (AvgIpc) is 2.47. The zero-order valence-electron chi connectivity index (χ0n) is 10.4. The third-order valence-electron chi connectivity index (χ3n) is 3.53. The Balaban J connectivity index is 1.91. The second-order valence-corrected chi connectivity index (χ2v) is 4.75. The summed E-state index contributed by atoms with van der Waals surface area (Å²) in [5.74, 6) is -0.751. The molecule has 0 saturated heterocycles. The summed E-state index contributed by atoms with van der Waals surface area (Å²) in [6.45, 7) is 0. The molecule has 3 nitrogen and oxygen atoms in total. The molecule has 1 aliphatic carbocycles. The number of aromatic nitrogens is 1. The summed E-state index contributed by atoms with van der Waals surface area (Å²) in [5, 5.41) is 0. The van der Waals surface area contributed by atoms with Crippen molar-refractivity contribution in [3.8, 4) is 0 Å². The van der Waals surface area contributed by atoms with Gasteiger partial charge in [-0.15, -0.1) is 0 Å². The second kappa shape index (κ2) is 4.76. The molecule has 0 aliphatic heterocycles. The topological polar surface area (TPSA) is 47.0 Å². The lowest BCUT2D eigenvalue weighted by Gasteiger charge is -2.22. The van der Waals surface area contributed by atoms with Gasteiger partial charge in [-0.2, -0.15) is 0 Å². The number of hydrogen-bond donors (Lipinski definition) is 0. The van der Waals surface area contributed by atoms with Crippen LogP contribution in [-0.4, -0.2) is 16.6 Å². The van der Waals surface area contributed by atoms with E-state index in [0.29, 0.717) is 18.5 Å². The highest BCUT2D eigenvalue weighted by molar-refractivity contribution is 6.11. The quantitative estimate of drug-likeness (QED) is 0.607. The van der Waals surface area contributed by atoms with Gasteiger partial charge in [0.1, 0.15) is 11.5 Å². The number of hydrogen-bond acceptors (Lipinski definition) is 3. The summed E-state index contributed by atoms with van der Waals surface area (Å²) in [4.78, 5) is 28.5. The highest BCUT2D eigenvalue weighted by atomic mass is 16.2. The van der Waals surface area contributed by atoms with Crippen LogP contribution in [0.15, 0.2) is 48.7 Å². The molecule has 3 heteroatoms. The highest BCUT2D eigenvalue weighted by Crippen LogP contribution is 2.25. The molecule has 0 fully saturated rings. The standard InChI is InChI=1S/C16H13NO2/c18-15-10-12-6-2-1-5-11(12)9-13(15)16(19)14-7-3-4-8-17-14/h1-8,13H,9-10H2. The first-order chi connectivity index (χ1) is 9.25. The van der Waals surface area contributed by atoms with Gasteiger partial charge in [-0.05, 0) is 29.7 Å². The minimum Gasteiger partial charge on any atom is -0.299 e. The lowest BCUT2D eigenvalue weighted by atomic mass is 9.80. The second-order valence-electron chi connectivity index (χ2n) is 4.75. The zero-order valence-corrected chi connectivity index (χ0v) is 10.4. The molecule has 3 rings (SSSR count). The monoisotopic (exact) mass is 251 g/mol. The van der Waals surface area contributed by atoms with Gasteiger partial charge in [-0.1, -0.05) is 30.3 Å². The molecule has 0 radical (unpaired) electrons. The van der Waals surface area contributed by atoms with Crippen molar-refractivity contribution in [1.82, 2.24) is 4.98 Å². The molecule has 19 heavy (non-hydrogen) atoms. The van der Waals surface area contributed by atoms with Gasteiger partial charge < -0.3 is 0 Å². The first-order valence-electron chi connectivity index (χ1n) is 6.30. The smallest absolute Gasteiger partial charge is 0.191 e. The Bertz CT molecular complexity index is 634. The minimum atomic E-state index is -0.579. The predicted molar refractivity (Wildman–Crippen MR) is 70.9 cm³/mol. The Labute approximate surface area is 111 Å². The Kier molecular flexibility index (Phi) is 2.95. The van der Waals surface area contributed by atoms with Crippen LogP contribution in [-0.2, 0) is 17.6 Å². The Morgan fingerprint density at radius 1 is 1.05 bits per heavy atom. The summed E-state index contributed by atoms with van der Waals surface area (Å²) < 4.78 is 0. The van der Waals surface area contributed by atoms with Gasteiger partial charge >= 0.3 is 0 Å². The lowest BCUT2D eigenvalue weighted by Crippen LogP contribution is -2.32. The number of ketones is 2. The molecule has 1 unspecified atom stereocenters. The number of pyridine rings is 1. The summed E-state index contributed by atoms with van der Waals surface area (Å²) >= 11 is 0. The fourth-order valence-corrected chi connectivity index (χ4v) is 2.50. The van der Waals surface area contributed by atoms with Crippen molar-refractivity contribution in [1.29, 1.82) is 0 Å². The zero-order chi connectivity index (χ0) is 13.2. The summed E-state index contributed by atoms with van der Waals surface area (Å²) in [5.41, 5.74) is 2.51. The molecule has 0 saturated carbocycles. The third-order valence-corrected chi connectivity index (χ3v) is 3.53. The number of fused-ring (bicyclic) bond motifs is 1. The maximum absolute atomic E-state index is 12.3. The Morgan fingerprint density at radius 2 is 1.79 bits per heavy atom. The fourth-order valence-electron chi connectivity index (χ4n) is 2.50. The van der Waals surface area contributed by atoms with Gasteiger partial charge in [0.2, 0.25) is 0 Å². The van der Waals surface area contributed by atoms with Crippen LogP contribution in [0.2, 0.25) is 0 Å². The molecule has 1 aromatic heterocycles. The van der Waals surface area contributed by atoms with E-state index in [1.807, 2.05) is 24.3 Å². The normalized spacial score (nSPS) is 17.9. The number of rotatable bonds is 2. The van der Waals surface area contributed by atoms with Crippen LogP contribution >= 0.6 is 0 Å². The van der Waals surface area contributed by atoms with E-state index >= 15 is 0 Å². The van der Waals surface area contributed by atoms with Gasteiger partial charge in [0, 0.05) is 12.6 Å². The predicted octanol–water partition coefficient (Wildman–Crippen LogP) is 2.25. The number of benzene rings is 1. The van der Waals surface area contributed by atoms with Crippen molar-refractivity contribution in [2.24, 2.45) is 5.92 Å². The summed E-state index contributed by atoms with van der Waals surface area (Å²) in [6.07, 6.45) is 2.41. The van der Waals surface area contributed by atoms with Gasteiger partial charge in [0.15, 0.2) is 5.78 Å². The Morgan fingerprint density at radius 3 is 2.53 bits per heavy atom. The van der Waals surface area contributed by atoms with Crippen LogP contribution in [0.4, 0.5) is 0 Å². The van der Waals surface area contributed by atoms with Gasteiger partial charge in [-0.25, -0.2) is 0 Å². The fraction of sp³-hybridized carbons (Fsp3) is 0.188. The number of carbonyl (C=O) groups is 2. The molecule has 1 heterocycles. The SMILES string of the molecule is O=C1Cc2ccccc2CC1C(=O)c1ccccn1. The Hall–Kier alpha value is -2.29. The van der Waals surface area contributed by atoms with Gasteiger partial charge in [0.25, 0.3) is 0 Å². The highest BCUT2D eigenvalue weighted by Gasteiger charge is 2.32. The van der Waals surface area contributed by atoms with Crippen LogP contribution in [0.25, 0.3) is 0 Å².